The van der Waals surface area contributed by atoms with Gasteiger partial charge in [0.2, 0.25) is 0 Å². The lowest BCUT2D eigenvalue weighted by Crippen LogP contribution is -2.13. The summed E-state index contributed by atoms with van der Waals surface area (Å²) in [6.07, 6.45) is 3.24. The van der Waals surface area contributed by atoms with Gasteiger partial charge in [-0.05, 0) is 35.8 Å². The van der Waals surface area contributed by atoms with E-state index in [0.717, 1.165) is 36.5 Å². The van der Waals surface area contributed by atoms with Crippen LogP contribution in [-0.2, 0) is 0 Å². The number of hydrogen-bond acceptors (Lipinski definition) is 5. The lowest BCUT2D eigenvalue weighted by molar-refractivity contribution is 0.0694. The van der Waals surface area contributed by atoms with Crippen LogP contribution in [0.2, 0.25) is 0 Å². The van der Waals surface area contributed by atoms with E-state index in [9.17, 15) is 14.7 Å². The number of aromatic nitrogens is 1. The Hall–Kier alpha value is -1.86. The van der Waals surface area contributed by atoms with Crippen molar-refractivity contribution in [2.45, 2.75) is 31.2 Å². The van der Waals surface area contributed by atoms with Crippen molar-refractivity contribution in [1.29, 1.82) is 0 Å². The first-order valence-corrected chi connectivity index (χ1v) is 9.11. The monoisotopic (exact) mass is 350 g/mol. The van der Waals surface area contributed by atoms with Gasteiger partial charge >= 0.3 is 5.97 Å². The number of aromatic carboxylic acids is 1. The lowest BCUT2D eigenvalue weighted by atomic mass is 10.2. The molecular formula is C16H18N2O3S2. The van der Waals surface area contributed by atoms with Crippen LogP contribution >= 0.6 is 23.3 Å². The van der Waals surface area contributed by atoms with E-state index in [1.165, 1.54) is 11.8 Å². The van der Waals surface area contributed by atoms with Gasteiger partial charge in [-0.1, -0.05) is 38.0 Å². The van der Waals surface area contributed by atoms with E-state index in [4.69, 9.17) is 0 Å². The maximum absolute atomic E-state index is 12.2. The van der Waals surface area contributed by atoms with Crippen LogP contribution in [0, 0.1) is 0 Å². The van der Waals surface area contributed by atoms with Crippen molar-refractivity contribution in [2.24, 2.45) is 0 Å². The largest absolute Gasteiger partial charge is 0.477 e. The van der Waals surface area contributed by atoms with Gasteiger partial charge < -0.3 is 10.4 Å². The molecule has 5 nitrogen and oxygen atoms in total. The Labute approximate surface area is 143 Å². The molecule has 1 heterocycles. The van der Waals surface area contributed by atoms with Gasteiger partial charge in [-0.2, -0.15) is 4.37 Å². The third-order valence-electron chi connectivity index (χ3n) is 3.12. The number of hydrogen-bond donors (Lipinski definition) is 2. The molecule has 2 rings (SSSR count). The van der Waals surface area contributed by atoms with Gasteiger partial charge in [0.15, 0.2) is 0 Å². The zero-order valence-corrected chi connectivity index (χ0v) is 14.4. The molecule has 2 aromatic rings. The fourth-order valence-corrected chi connectivity index (χ4v) is 3.88. The molecule has 0 radical (unpaired) electrons. The van der Waals surface area contributed by atoms with E-state index < -0.39 is 5.97 Å². The van der Waals surface area contributed by atoms with Crippen LogP contribution in [0.15, 0.2) is 35.4 Å². The van der Waals surface area contributed by atoms with Crippen LogP contribution in [-0.4, -0.2) is 27.1 Å². The smallest absolute Gasteiger partial charge is 0.341 e. The number of unbranched alkanes of at least 4 members (excludes halogenated alkanes) is 2. The highest BCUT2D eigenvalue weighted by Crippen LogP contribution is 2.32. The summed E-state index contributed by atoms with van der Waals surface area (Å²) >= 11 is 2.43. The van der Waals surface area contributed by atoms with E-state index in [0.29, 0.717) is 10.6 Å². The predicted molar refractivity (Wildman–Crippen MR) is 93.7 cm³/mol. The Morgan fingerprint density at radius 1 is 1.26 bits per heavy atom. The Bertz CT molecular complexity index is 671. The summed E-state index contributed by atoms with van der Waals surface area (Å²) in [5.74, 6) is -0.580. The summed E-state index contributed by atoms with van der Waals surface area (Å²) in [5.41, 5.74) is 0.565. The third kappa shape index (κ3) is 4.80. The highest BCUT2D eigenvalue weighted by molar-refractivity contribution is 7.99. The van der Waals surface area contributed by atoms with Crippen molar-refractivity contribution in [3.63, 3.8) is 0 Å². The second-order valence-electron chi connectivity index (χ2n) is 4.87. The van der Waals surface area contributed by atoms with Crippen molar-refractivity contribution < 1.29 is 14.7 Å². The van der Waals surface area contributed by atoms with Gasteiger partial charge in [-0.3, -0.25) is 4.79 Å². The Balaban J connectivity index is 2.11. The SMILES string of the molecule is CCCCCSc1nsc(NC(=O)c2ccccc2)c1C(=O)O. The predicted octanol–water partition coefficient (Wildman–Crippen LogP) is 4.38. The van der Waals surface area contributed by atoms with E-state index in [1.54, 1.807) is 24.3 Å². The van der Waals surface area contributed by atoms with Crippen molar-refractivity contribution >= 4 is 40.2 Å². The summed E-state index contributed by atoms with van der Waals surface area (Å²) in [5, 5.41) is 12.8. The highest BCUT2D eigenvalue weighted by atomic mass is 32.2. The second-order valence-corrected chi connectivity index (χ2v) is 6.73. The van der Waals surface area contributed by atoms with Gasteiger partial charge in [0, 0.05) is 5.56 Å². The highest BCUT2D eigenvalue weighted by Gasteiger charge is 2.22. The molecule has 23 heavy (non-hydrogen) atoms. The van der Waals surface area contributed by atoms with E-state index >= 15 is 0 Å². The standard InChI is InChI=1S/C16H18N2O3S2/c1-2-3-7-10-22-15-12(16(20)21)14(23-18-15)17-13(19)11-8-5-4-6-9-11/h4-6,8-9H,2-3,7,10H2,1H3,(H,17,19)(H,20,21). The molecule has 7 heteroatoms. The minimum Gasteiger partial charge on any atom is -0.477 e. The first-order valence-electron chi connectivity index (χ1n) is 7.35. The first-order chi connectivity index (χ1) is 11.1. The molecule has 0 aliphatic heterocycles. The number of benzene rings is 1. The Kier molecular flexibility index (Phi) is 6.61. The number of thioether (sulfide) groups is 1. The molecule has 2 N–H and O–H groups in total. The second kappa shape index (κ2) is 8.69. The van der Waals surface area contributed by atoms with E-state index in [-0.39, 0.29) is 16.5 Å². The average Bonchev–Trinajstić information content (AvgIpc) is 2.95. The number of carbonyl (C=O) groups is 2. The van der Waals surface area contributed by atoms with Crippen LogP contribution in [0.3, 0.4) is 0 Å². The Morgan fingerprint density at radius 3 is 2.65 bits per heavy atom. The number of anilines is 1. The summed E-state index contributed by atoms with van der Waals surface area (Å²) in [6, 6.07) is 8.69. The molecule has 0 fully saturated rings. The van der Waals surface area contributed by atoms with Crippen LogP contribution < -0.4 is 5.32 Å². The number of rotatable bonds is 8. The van der Waals surface area contributed by atoms with Crippen molar-refractivity contribution in [3.05, 3.63) is 41.5 Å². The van der Waals surface area contributed by atoms with Crippen LogP contribution in [0.4, 0.5) is 5.00 Å². The zero-order valence-electron chi connectivity index (χ0n) is 12.7. The van der Waals surface area contributed by atoms with Gasteiger partial charge in [0.05, 0.1) is 0 Å². The minimum absolute atomic E-state index is 0.0841. The van der Waals surface area contributed by atoms with Gasteiger partial charge in [0.25, 0.3) is 5.91 Å². The zero-order chi connectivity index (χ0) is 16.7. The number of nitrogens with zero attached hydrogens (tertiary/aromatic N) is 1. The molecule has 0 aliphatic carbocycles. The molecule has 0 saturated heterocycles. The fourth-order valence-electron chi connectivity index (χ4n) is 1.93. The molecule has 1 amide bonds. The molecule has 0 atom stereocenters. The number of carbonyl (C=O) groups excluding carboxylic acids is 1. The van der Waals surface area contributed by atoms with Crippen LogP contribution in [0.5, 0.6) is 0 Å². The summed E-state index contributed by atoms with van der Waals surface area (Å²) in [7, 11) is 0. The van der Waals surface area contributed by atoms with Crippen molar-refractivity contribution in [2.75, 3.05) is 11.1 Å². The Morgan fingerprint density at radius 2 is 2.00 bits per heavy atom. The van der Waals surface area contributed by atoms with Crippen molar-refractivity contribution in [1.82, 2.24) is 4.37 Å². The minimum atomic E-state index is -1.07. The van der Waals surface area contributed by atoms with Gasteiger partial charge in [-0.25, -0.2) is 4.79 Å². The molecular weight excluding hydrogens is 332 g/mol. The normalized spacial score (nSPS) is 10.5. The molecule has 0 aliphatic rings. The summed E-state index contributed by atoms with van der Waals surface area (Å²) < 4.78 is 4.19. The lowest BCUT2D eigenvalue weighted by Gasteiger charge is -2.04. The van der Waals surface area contributed by atoms with Crippen LogP contribution in [0.1, 0.15) is 46.9 Å². The molecule has 0 saturated carbocycles. The topological polar surface area (TPSA) is 79.3 Å². The maximum atomic E-state index is 12.2. The van der Waals surface area contributed by atoms with Crippen LogP contribution in [0.25, 0.3) is 0 Å². The summed E-state index contributed by atoms with van der Waals surface area (Å²) in [4.78, 5) is 23.7. The van der Waals surface area contributed by atoms with Crippen molar-refractivity contribution in [3.8, 4) is 0 Å². The average molecular weight is 350 g/mol. The van der Waals surface area contributed by atoms with Gasteiger partial charge in [0.1, 0.15) is 15.6 Å². The molecule has 0 unspecified atom stereocenters. The number of amides is 1. The number of nitrogens with one attached hydrogen (secondary N) is 1. The fraction of sp³-hybridized carbons (Fsp3) is 0.312. The molecule has 0 spiro atoms. The summed E-state index contributed by atoms with van der Waals surface area (Å²) in [6.45, 7) is 2.12. The first kappa shape index (κ1) is 17.5. The third-order valence-corrected chi connectivity index (χ3v) is 5.06. The van der Waals surface area contributed by atoms with E-state index in [2.05, 4.69) is 16.6 Å². The molecule has 0 bridgehead atoms. The molecule has 1 aromatic carbocycles. The molecule has 1 aromatic heterocycles. The molecule has 122 valence electrons. The number of carboxylic acid groups (broad SMARTS) is 1. The van der Waals surface area contributed by atoms with Gasteiger partial charge in [-0.15, -0.1) is 11.8 Å². The van der Waals surface area contributed by atoms with E-state index in [1.807, 2.05) is 6.07 Å². The number of carboxylic acids is 1. The quantitative estimate of drug-likeness (QED) is 0.546. The maximum Gasteiger partial charge on any atom is 0.341 e.